The quantitative estimate of drug-likeness (QED) is 0.824. The summed E-state index contributed by atoms with van der Waals surface area (Å²) in [6, 6.07) is 5.09. The van der Waals surface area contributed by atoms with Gasteiger partial charge < -0.3 is 5.11 Å². The molecule has 0 saturated heterocycles. The van der Waals surface area contributed by atoms with Crippen LogP contribution in [0.2, 0.25) is 0 Å². The number of halogens is 2. The molecule has 1 unspecified atom stereocenters. The van der Waals surface area contributed by atoms with Crippen LogP contribution in [0.15, 0.2) is 18.2 Å². The third-order valence-electron chi connectivity index (χ3n) is 1.64. The van der Waals surface area contributed by atoms with E-state index in [1.165, 1.54) is 0 Å². The van der Waals surface area contributed by atoms with Crippen LogP contribution in [0.4, 0.5) is 4.39 Å². The fourth-order valence-electron chi connectivity index (χ4n) is 0.934. The molecule has 0 aromatic heterocycles. The molecule has 1 N–H and O–H groups in total. The van der Waals surface area contributed by atoms with Gasteiger partial charge in [0.1, 0.15) is 5.82 Å². The van der Waals surface area contributed by atoms with Gasteiger partial charge in [-0.2, -0.15) is 0 Å². The highest BCUT2D eigenvalue weighted by molar-refractivity contribution is 14.1. The van der Waals surface area contributed by atoms with Gasteiger partial charge in [0.25, 0.3) is 0 Å². The maximum atomic E-state index is 13.3. The number of benzene rings is 1. The molecule has 0 aliphatic rings. The normalized spacial score (nSPS) is 13.0. The molecular weight excluding hydrogens is 270 g/mol. The summed E-state index contributed by atoms with van der Waals surface area (Å²) in [6.07, 6.45) is 0. The molecule has 0 heterocycles. The first-order chi connectivity index (χ1) is 5.66. The van der Waals surface area contributed by atoms with Crippen molar-refractivity contribution in [2.45, 2.75) is 5.92 Å². The van der Waals surface area contributed by atoms with Gasteiger partial charge in [-0.15, -0.1) is 0 Å². The van der Waals surface area contributed by atoms with Crippen LogP contribution >= 0.6 is 22.6 Å². The van der Waals surface area contributed by atoms with Crippen molar-refractivity contribution in [1.29, 1.82) is 0 Å². The van der Waals surface area contributed by atoms with Crippen molar-refractivity contribution in [2.24, 2.45) is 0 Å². The van der Waals surface area contributed by atoms with E-state index in [1.807, 2.05) is 22.6 Å². The van der Waals surface area contributed by atoms with Gasteiger partial charge in [0, 0.05) is 9.49 Å². The smallest absolute Gasteiger partial charge is 0.140 e. The fourth-order valence-corrected chi connectivity index (χ4v) is 1.45. The van der Waals surface area contributed by atoms with E-state index in [4.69, 9.17) is 5.11 Å². The van der Waals surface area contributed by atoms with Crippen molar-refractivity contribution in [1.82, 2.24) is 0 Å². The van der Waals surface area contributed by atoms with Gasteiger partial charge in [-0.1, -0.05) is 12.1 Å². The summed E-state index contributed by atoms with van der Waals surface area (Å²) in [5.74, 6) is -0.646. The van der Waals surface area contributed by atoms with Crippen molar-refractivity contribution in [3.8, 4) is 0 Å². The van der Waals surface area contributed by atoms with Crippen LogP contribution in [0.1, 0.15) is 11.5 Å². The minimum atomic E-state index is -0.375. The van der Waals surface area contributed by atoms with E-state index < -0.39 is 0 Å². The molecule has 0 amide bonds. The number of aliphatic hydroxyl groups excluding tert-OH is 1. The monoisotopic (exact) mass is 279 g/mol. The zero-order valence-corrected chi connectivity index (χ0v) is 8.58. The predicted molar refractivity (Wildman–Crippen MR) is 54.3 cm³/mol. The Kier molecular flexibility index (Phi) is 3.46. The Morgan fingerprint density at radius 2 is 2.25 bits per heavy atom. The highest BCUT2D eigenvalue weighted by Gasteiger charge is 2.11. The van der Waals surface area contributed by atoms with E-state index in [0.717, 1.165) is 0 Å². The molecule has 3 heteroatoms. The van der Waals surface area contributed by atoms with Crippen LogP contribution in [0.25, 0.3) is 0 Å². The lowest BCUT2D eigenvalue weighted by molar-refractivity contribution is 0.280. The molecule has 0 aliphatic heterocycles. The lowest BCUT2D eigenvalue weighted by Gasteiger charge is -2.09. The molecule has 0 spiro atoms. The number of hydrogen-bond acceptors (Lipinski definition) is 1. The van der Waals surface area contributed by atoms with Gasteiger partial charge in [0.15, 0.2) is 0 Å². The molecule has 0 bridgehead atoms. The minimum Gasteiger partial charge on any atom is -0.396 e. The molecule has 1 nitrogen and oxygen atoms in total. The summed E-state index contributed by atoms with van der Waals surface area (Å²) in [6.45, 7) is 3.51. The summed E-state index contributed by atoms with van der Waals surface area (Å²) >= 11 is 1.92. The van der Waals surface area contributed by atoms with E-state index in [0.29, 0.717) is 9.13 Å². The van der Waals surface area contributed by atoms with Crippen LogP contribution in [-0.4, -0.2) is 11.7 Å². The summed E-state index contributed by atoms with van der Waals surface area (Å²) in [7, 11) is 0. The van der Waals surface area contributed by atoms with Crippen LogP contribution < -0.4 is 0 Å². The van der Waals surface area contributed by atoms with Crippen LogP contribution in [0.5, 0.6) is 0 Å². The second-order valence-corrected chi connectivity index (χ2v) is 3.68. The SMILES string of the molecule is [CH2]C(CO)c1cccc(I)c1F. The summed E-state index contributed by atoms with van der Waals surface area (Å²) < 4.78 is 13.8. The highest BCUT2D eigenvalue weighted by atomic mass is 127. The van der Waals surface area contributed by atoms with Gasteiger partial charge in [0.05, 0.1) is 6.61 Å². The Morgan fingerprint density at radius 1 is 1.58 bits per heavy atom. The maximum Gasteiger partial charge on any atom is 0.140 e. The van der Waals surface area contributed by atoms with Crippen molar-refractivity contribution in [2.75, 3.05) is 6.61 Å². The number of aliphatic hydroxyl groups is 1. The minimum absolute atomic E-state index is 0.128. The first-order valence-corrected chi connectivity index (χ1v) is 4.62. The summed E-state index contributed by atoms with van der Waals surface area (Å²) in [4.78, 5) is 0. The van der Waals surface area contributed by atoms with E-state index in [9.17, 15) is 4.39 Å². The molecule has 1 aromatic rings. The summed E-state index contributed by atoms with van der Waals surface area (Å²) in [5.41, 5.74) is 0.476. The van der Waals surface area contributed by atoms with Crippen molar-refractivity contribution < 1.29 is 9.50 Å². The zero-order valence-electron chi connectivity index (χ0n) is 6.43. The Bertz CT molecular complexity index is 275. The van der Waals surface area contributed by atoms with Gasteiger partial charge in [0.2, 0.25) is 0 Å². The van der Waals surface area contributed by atoms with E-state index in [2.05, 4.69) is 6.92 Å². The Hall–Kier alpha value is -0.160. The summed E-state index contributed by atoms with van der Waals surface area (Å²) in [5, 5.41) is 8.77. The predicted octanol–water partition coefficient (Wildman–Crippen LogP) is 2.34. The Balaban J connectivity index is 3.07. The molecule has 1 radical (unpaired) electrons. The standard InChI is InChI=1S/C9H9FIO/c1-6(5-12)7-3-2-4-8(11)9(7)10/h2-4,6,12H,1,5H2. The molecule has 1 rings (SSSR count). The van der Waals surface area contributed by atoms with Crippen LogP contribution in [0, 0.1) is 16.3 Å². The van der Waals surface area contributed by atoms with Crippen LogP contribution in [0.3, 0.4) is 0 Å². The second kappa shape index (κ2) is 4.18. The third kappa shape index (κ3) is 1.95. The third-order valence-corrected chi connectivity index (χ3v) is 2.47. The molecule has 12 heavy (non-hydrogen) atoms. The van der Waals surface area contributed by atoms with Crippen LogP contribution in [-0.2, 0) is 0 Å². The first kappa shape index (κ1) is 9.92. The molecular formula is C9H9FIO. The van der Waals surface area contributed by atoms with E-state index >= 15 is 0 Å². The van der Waals surface area contributed by atoms with Crippen molar-refractivity contribution in [3.05, 3.63) is 40.1 Å². The van der Waals surface area contributed by atoms with Crippen molar-refractivity contribution in [3.63, 3.8) is 0 Å². The highest BCUT2D eigenvalue weighted by Crippen LogP contribution is 2.21. The largest absolute Gasteiger partial charge is 0.396 e. The zero-order chi connectivity index (χ0) is 9.14. The van der Waals surface area contributed by atoms with E-state index in [1.54, 1.807) is 18.2 Å². The first-order valence-electron chi connectivity index (χ1n) is 3.54. The second-order valence-electron chi connectivity index (χ2n) is 2.52. The Morgan fingerprint density at radius 3 is 2.83 bits per heavy atom. The Labute approximate surface area is 84.7 Å². The molecule has 1 atom stereocenters. The fraction of sp³-hybridized carbons (Fsp3) is 0.222. The van der Waals surface area contributed by atoms with Gasteiger partial charge in [-0.25, -0.2) is 4.39 Å². The molecule has 0 fully saturated rings. The van der Waals surface area contributed by atoms with Crippen molar-refractivity contribution >= 4 is 22.6 Å². The van der Waals surface area contributed by atoms with Gasteiger partial charge >= 0.3 is 0 Å². The number of hydrogen-bond donors (Lipinski definition) is 1. The maximum absolute atomic E-state index is 13.3. The van der Waals surface area contributed by atoms with Gasteiger partial charge in [-0.3, -0.25) is 0 Å². The molecule has 65 valence electrons. The van der Waals surface area contributed by atoms with E-state index in [-0.39, 0.29) is 18.3 Å². The molecule has 0 aliphatic carbocycles. The average molecular weight is 279 g/mol. The van der Waals surface area contributed by atoms with Gasteiger partial charge in [-0.05, 0) is 41.1 Å². The lowest BCUT2D eigenvalue weighted by atomic mass is 10.0. The topological polar surface area (TPSA) is 20.2 Å². The average Bonchev–Trinajstić information content (AvgIpc) is 2.08. The molecule has 0 saturated carbocycles. The number of rotatable bonds is 2. The lowest BCUT2D eigenvalue weighted by Crippen LogP contribution is -2.03. The molecule has 1 aromatic carbocycles.